The smallest absolute Gasteiger partial charge is 0.119 e. The van der Waals surface area contributed by atoms with Crippen molar-refractivity contribution in [2.45, 2.75) is 25.9 Å². The summed E-state index contributed by atoms with van der Waals surface area (Å²) in [6.07, 6.45) is 0.853. The van der Waals surface area contributed by atoms with Crippen molar-refractivity contribution < 1.29 is 10.2 Å². The highest BCUT2D eigenvalue weighted by molar-refractivity contribution is 5.48. The van der Waals surface area contributed by atoms with Crippen molar-refractivity contribution >= 4 is 5.69 Å². The van der Waals surface area contributed by atoms with Crippen molar-refractivity contribution in [2.75, 3.05) is 5.73 Å². The Kier molecular flexibility index (Phi) is 4.07. The van der Waals surface area contributed by atoms with E-state index in [1.807, 2.05) is 30.3 Å². The van der Waals surface area contributed by atoms with E-state index >= 15 is 0 Å². The Morgan fingerprint density at radius 3 is 2.58 bits per heavy atom. The predicted molar refractivity (Wildman–Crippen MR) is 77.0 cm³/mol. The molecule has 3 nitrogen and oxygen atoms in total. The van der Waals surface area contributed by atoms with Crippen LogP contribution in [0.5, 0.6) is 5.75 Å². The highest BCUT2D eigenvalue weighted by Gasteiger charge is 2.16. The normalized spacial score (nSPS) is 12.3. The van der Waals surface area contributed by atoms with Crippen LogP contribution >= 0.6 is 0 Å². The lowest BCUT2D eigenvalue weighted by atomic mass is 9.87. The van der Waals surface area contributed by atoms with E-state index in [1.54, 1.807) is 12.1 Å². The van der Waals surface area contributed by atoms with Crippen LogP contribution in [0.2, 0.25) is 0 Å². The second-order valence-corrected chi connectivity index (χ2v) is 4.68. The highest BCUT2D eigenvalue weighted by atomic mass is 16.3. The number of nitrogens with two attached hydrogens (primary N) is 1. The molecule has 0 fully saturated rings. The zero-order chi connectivity index (χ0) is 13.8. The number of nitrogen functional groups attached to an aromatic ring is 1. The Hall–Kier alpha value is -2.00. The standard InChI is InChI=1S/C16H19NO2/c1-2-14(12-4-3-5-13(17)9-12)15-8-11(10-18)6-7-16(15)19/h3-9,14,18-19H,2,10,17H2,1H3/t14-/m1/s1. The molecular formula is C16H19NO2. The summed E-state index contributed by atoms with van der Waals surface area (Å²) in [7, 11) is 0. The van der Waals surface area contributed by atoms with Gasteiger partial charge in [0.15, 0.2) is 0 Å². The molecule has 0 aliphatic carbocycles. The van der Waals surface area contributed by atoms with Gasteiger partial charge in [0, 0.05) is 17.2 Å². The van der Waals surface area contributed by atoms with Crippen LogP contribution in [0.3, 0.4) is 0 Å². The molecule has 0 heterocycles. The van der Waals surface area contributed by atoms with Gasteiger partial charge in [-0.3, -0.25) is 0 Å². The third kappa shape index (κ3) is 2.88. The maximum atomic E-state index is 10.0. The summed E-state index contributed by atoms with van der Waals surface area (Å²) in [4.78, 5) is 0. The second-order valence-electron chi connectivity index (χ2n) is 4.68. The molecule has 0 radical (unpaired) electrons. The van der Waals surface area contributed by atoms with Crippen molar-refractivity contribution in [3.8, 4) is 5.75 Å². The molecule has 0 aromatic heterocycles. The lowest BCUT2D eigenvalue weighted by Crippen LogP contribution is -2.02. The van der Waals surface area contributed by atoms with E-state index in [4.69, 9.17) is 5.73 Å². The minimum absolute atomic E-state index is 0.0271. The summed E-state index contributed by atoms with van der Waals surface area (Å²) in [5, 5.41) is 19.3. The fraction of sp³-hybridized carbons (Fsp3) is 0.250. The molecule has 0 spiro atoms. The number of phenols is 1. The van der Waals surface area contributed by atoms with E-state index in [9.17, 15) is 10.2 Å². The van der Waals surface area contributed by atoms with Crippen molar-refractivity contribution in [3.63, 3.8) is 0 Å². The Labute approximate surface area is 113 Å². The minimum Gasteiger partial charge on any atom is -0.508 e. The number of rotatable bonds is 4. The zero-order valence-electron chi connectivity index (χ0n) is 11.0. The molecule has 4 N–H and O–H groups in total. The topological polar surface area (TPSA) is 66.5 Å². The quantitative estimate of drug-likeness (QED) is 0.738. The van der Waals surface area contributed by atoms with Crippen LogP contribution < -0.4 is 5.73 Å². The average molecular weight is 257 g/mol. The van der Waals surface area contributed by atoms with Gasteiger partial charge < -0.3 is 15.9 Å². The van der Waals surface area contributed by atoms with Crippen LogP contribution in [0, 0.1) is 0 Å². The van der Waals surface area contributed by atoms with Crippen molar-refractivity contribution in [2.24, 2.45) is 0 Å². The van der Waals surface area contributed by atoms with Crippen molar-refractivity contribution in [1.82, 2.24) is 0 Å². The fourth-order valence-electron chi connectivity index (χ4n) is 2.39. The number of benzene rings is 2. The van der Waals surface area contributed by atoms with Gasteiger partial charge in [0.2, 0.25) is 0 Å². The first kappa shape index (κ1) is 13.4. The van der Waals surface area contributed by atoms with Crippen LogP contribution in [0.1, 0.15) is 36.0 Å². The van der Waals surface area contributed by atoms with Crippen LogP contribution in [-0.4, -0.2) is 10.2 Å². The molecule has 2 aromatic rings. The Bertz CT molecular complexity index is 566. The van der Waals surface area contributed by atoms with Crippen molar-refractivity contribution in [3.05, 3.63) is 59.2 Å². The lowest BCUT2D eigenvalue weighted by molar-refractivity contribution is 0.281. The van der Waals surface area contributed by atoms with Gasteiger partial charge in [-0.1, -0.05) is 25.1 Å². The summed E-state index contributed by atoms with van der Waals surface area (Å²) in [6.45, 7) is 2.04. The molecule has 0 aliphatic heterocycles. The number of aliphatic hydroxyl groups excluding tert-OH is 1. The van der Waals surface area contributed by atoms with Crippen molar-refractivity contribution in [1.29, 1.82) is 0 Å². The van der Waals surface area contributed by atoms with Gasteiger partial charge in [-0.2, -0.15) is 0 Å². The van der Waals surface area contributed by atoms with Gasteiger partial charge >= 0.3 is 0 Å². The molecule has 0 amide bonds. The van der Waals surface area contributed by atoms with Crippen LogP contribution in [-0.2, 0) is 6.61 Å². The molecule has 2 aromatic carbocycles. The van der Waals surface area contributed by atoms with Gasteiger partial charge in [0.05, 0.1) is 6.61 Å². The summed E-state index contributed by atoms with van der Waals surface area (Å²) >= 11 is 0. The number of anilines is 1. The number of hydrogen-bond acceptors (Lipinski definition) is 3. The zero-order valence-corrected chi connectivity index (χ0v) is 11.0. The largest absolute Gasteiger partial charge is 0.508 e. The molecule has 19 heavy (non-hydrogen) atoms. The molecule has 0 unspecified atom stereocenters. The number of aromatic hydroxyl groups is 1. The molecule has 0 bridgehead atoms. The number of hydrogen-bond donors (Lipinski definition) is 3. The van der Waals surface area contributed by atoms with E-state index in [-0.39, 0.29) is 18.3 Å². The van der Waals surface area contributed by atoms with Crippen LogP contribution in [0.25, 0.3) is 0 Å². The van der Waals surface area contributed by atoms with Gasteiger partial charge in [-0.25, -0.2) is 0 Å². The molecular weight excluding hydrogens is 238 g/mol. The first-order chi connectivity index (χ1) is 9.15. The molecule has 3 heteroatoms. The van der Waals surface area contributed by atoms with E-state index in [0.717, 1.165) is 23.1 Å². The van der Waals surface area contributed by atoms with E-state index in [2.05, 4.69) is 6.92 Å². The Morgan fingerprint density at radius 2 is 1.95 bits per heavy atom. The van der Waals surface area contributed by atoms with Gasteiger partial charge in [0.1, 0.15) is 5.75 Å². The fourth-order valence-corrected chi connectivity index (χ4v) is 2.39. The third-order valence-electron chi connectivity index (χ3n) is 3.37. The second kappa shape index (κ2) is 5.76. The summed E-state index contributed by atoms with van der Waals surface area (Å²) in [5.41, 5.74) is 9.25. The van der Waals surface area contributed by atoms with Gasteiger partial charge in [-0.15, -0.1) is 0 Å². The van der Waals surface area contributed by atoms with E-state index in [1.165, 1.54) is 0 Å². The average Bonchev–Trinajstić information content (AvgIpc) is 2.42. The Balaban J connectivity index is 2.47. The molecule has 2 rings (SSSR count). The molecule has 0 saturated heterocycles. The Morgan fingerprint density at radius 1 is 1.16 bits per heavy atom. The highest BCUT2D eigenvalue weighted by Crippen LogP contribution is 2.35. The lowest BCUT2D eigenvalue weighted by Gasteiger charge is -2.18. The maximum absolute atomic E-state index is 10.0. The summed E-state index contributed by atoms with van der Waals surface area (Å²) < 4.78 is 0. The number of aliphatic hydroxyl groups is 1. The predicted octanol–water partition coefficient (Wildman–Crippen LogP) is 3.01. The minimum atomic E-state index is -0.0271. The first-order valence-electron chi connectivity index (χ1n) is 6.43. The van der Waals surface area contributed by atoms with Gasteiger partial charge in [-0.05, 0) is 41.8 Å². The van der Waals surface area contributed by atoms with E-state index in [0.29, 0.717) is 5.69 Å². The summed E-state index contributed by atoms with van der Waals surface area (Å²) in [5.74, 6) is 0.335. The number of phenolic OH excluding ortho intramolecular Hbond substituents is 1. The summed E-state index contributed by atoms with van der Waals surface area (Å²) in [6, 6.07) is 12.9. The van der Waals surface area contributed by atoms with Gasteiger partial charge in [0.25, 0.3) is 0 Å². The maximum Gasteiger partial charge on any atom is 0.119 e. The SMILES string of the molecule is CC[C@H](c1cccc(N)c1)c1cc(CO)ccc1O. The molecule has 1 atom stereocenters. The molecule has 0 aliphatic rings. The van der Waals surface area contributed by atoms with Crippen LogP contribution in [0.15, 0.2) is 42.5 Å². The molecule has 0 saturated carbocycles. The third-order valence-corrected chi connectivity index (χ3v) is 3.37. The van der Waals surface area contributed by atoms with Crippen LogP contribution in [0.4, 0.5) is 5.69 Å². The first-order valence-corrected chi connectivity index (χ1v) is 6.43. The molecule has 100 valence electrons. The monoisotopic (exact) mass is 257 g/mol. The van der Waals surface area contributed by atoms with E-state index < -0.39 is 0 Å².